The molecule has 254 valence electrons. The Kier molecular flexibility index (Phi) is 8.90. The van der Waals surface area contributed by atoms with Gasteiger partial charge in [-0.05, 0) is 52.6 Å². The van der Waals surface area contributed by atoms with Crippen molar-refractivity contribution in [3.63, 3.8) is 0 Å². The van der Waals surface area contributed by atoms with E-state index in [1.807, 2.05) is 72.8 Å². The standard InChI is InChI=1S/C50H34N4/c1-5-16-35(17-6-1)45-33-47(53-49(51-45)37-20-9-3-10-21-37)43-28-14-26-41(31-43)39-24-13-25-40(30-39)42-27-15-29-44(32-42)48-34-46(36-18-7-2-8-19-36)52-50(54-48)38-22-11-4-12-23-38/h1-34H. The van der Waals surface area contributed by atoms with Crippen molar-refractivity contribution in [2.45, 2.75) is 0 Å². The second kappa shape index (κ2) is 14.7. The van der Waals surface area contributed by atoms with Crippen molar-refractivity contribution in [2.24, 2.45) is 0 Å². The average molecular weight is 691 g/mol. The molecule has 2 aromatic heterocycles. The quantitative estimate of drug-likeness (QED) is 0.159. The molecule has 9 aromatic rings. The van der Waals surface area contributed by atoms with Crippen molar-refractivity contribution in [2.75, 3.05) is 0 Å². The minimum atomic E-state index is 0.703. The summed E-state index contributed by atoms with van der Waals surface area (Å²) in [7, 11) is 0. The Morgan fingerprint density at radius 3 is 0.759 bits per heavy atom. The van der Waals surface area contributed by atoms with Crippen molar-refractivity contribution in [1.29, 1.82) is 0 Å². The largest absolute Gasteiger partial charge is 0.228 e. The van der Waals surface area contributed by atoms with Gasteiger partial charge in [-0.15, -0.1) is 0 Å². The molecule has 0 atom stereocenters. The lowest BCUT2D eigenvalue weighted by atomic mass is 9.96. The molecule has 0 unspecified atom stereocenters. The van der Waals surface area contributed by atoms with E-state index in [4.69, 9.17) is 19.9 Å². The molecule has 0 amide bonds. The van der Waals surface area contributed by atoms with Gasteiger partial charge < -0.3 is 0 Å². The first kappa shape index (κ1) is 32.6. The zero-order valence-corrected chi connectivity index (χ0v) is 29.4. The number of hydrogen-bond donors (Lipinski definition) is 0. The molecule has 0 N–H and O–H groups in total. The summed E-state index contributed by atoms with van der Waals surface area (Å²) < 4.78 is 0. The van der Waals surface area contributed by atoms with Gasteiger partial charge in [0.15, 0.2) is 11.6 Å². The maximum atomic E-state index is 5.07. The van der Waals surface area contributed by atoms with Crippen LogP contribution in [-0.4, -0.2) is 19.9 Å². The topological polar surface area (TPSA) is 51.6 Å². The predicted octanol–water partition coefficient (Wildman–Crippen LogP) is 12.6. The van der Waals surface area contributed by atoms with Crippen LogP contribution in [0.5, 0.6) is 0 Å². The van der Waals surface area contributed by atoms with Gasteiger partial charge in [0, 0.05) is 33.4 Å². The molecule has 0 saturated heterocycles. The van der Waals surface area contributed by atoms with Crippen molar-refractivity contribution in [3.05, 3.63) is 206 Å². The average Bonchev–Trinajstić information content (AvgIpc) is 3.27. The van der Waals surface area contributed by atoms with E-state index >= 15 is 0 Å². The molecule has 7 aromatic carbocycles. The minimum Gasteiger partial charge on any atom is -0.228 e. The zero-order chi connectivity index (χ0) is 36.1. The lowest BCUT2D eigenvalue weighted by molar-refractivity contribution is 1.18. The first-order valence-electron chi connectivity index (χ1n) is 18.1. The molecule has 9 rings (SSSR count). The number of aromatic nitrogens is 4. The Labute approximate surface area is 315 Å². The van der Waals surface area contributed by atoms with E-state index in [1.165, 1.54) is 0 Å². The van der Waals surface area contributed by atoms with Crippen LogP contribution < -0.4 is 0 Å². The first-order chi connectivity index (χ1) is 26.7. The van der Waals surface area contributed by atoms with Crippen molar-refractivity contribution in [3.8, 4) is 90.1 Å². The second-order valence-electron chi connectivity index (χ2n) is 13.1. The van der Waals surface area contributed by atoms with Gasteiger partial charge in [0.25, 0.3) is 0 Å². The van der Waals surface area contributed by atoms with E-state index in [-0.39, 0.29) is 0 Å². The third-order valence-electron chi connectivity index (χ3n) is 9.50. The molecule has 0 bridgehead atoms. The van der Waals surface area contributed by atoms with Gasteiger partial charge in [0.1, 0.15) is 0 Å². The summed E-state index contributed by atoms with van der Waals surface area (Å²) in [6.07, 6.45) is 0. The summed E-state index contributed by atoms with van der Waals surface area (Å²) in [5, 5.41) is 0. The molecule has 0 radical (unpaired) electrons. The Balaban J connectivity index is 1.08. The maximum absolute atomic E-state index is 5.07. The monoisotopic (exact) mass is 690 g/mol. The van der Waals surface area contributed by atoms with Gasteiger partial charge in [-0.25, -0.2) is 19.9 Å². The van der Waals surface area contributed by atoms with E-state index in [9.17, 15) is 0 Å². The van der Waals surface area contributed by atoms with E-state index in [0.717, 1.165) is 78.4 Å². The fourth-order valence-electron chi connectivity index (χ4n) is 6.73. The summed E-state index contributed by atoms with van der Waals surface area (Å²) in [4.78, 5) is 20.1. The summed E-state index contributed by atoms with van der Waals surface area (Å²) in [6, 6.07) is 71.0. The van der Waals surface area contributed by atoms with Gasteiger partial charge in [-0.1, -0.05) is 176 Å². The van der Waals surface area contributed by atoms with Crippen LogP contribution in [0.25, 0.3) is 90.1 Å². The van der Waals surface area contributed by atoms with Crippen molar-refractivity contribution in [1.82, 2.24) is 19.9 Å². The van der Waals surface area contributed by atoms with Gasteiger partial charge in [0.05, 0.1) is 22.8 Å². The van der Waals surface area contributed by atoms with Crippen molar-refractivity contribution < 1.29 is 0 Å². The van der Waals surface area contributed by atoms with Crippen LogP contribution in [0.2, 0.25) is 0 Å². The van der Waals surface area contributed by atoms with Crippen LogP contribution in [-0.2, 0) is 0 Å². The summed E-state index contributed by atoms with van der Waals surface area (Å²) in [5.41, 5.74) is 14.2. The molecule has 0 aliphatic heterocycles. The molecule has 2 heterocycles. The normalized spacial score (nSPS) is 11.0. The Morgan fingerprint density at radius 1 is 0.185 bits per heavy atom. The highest BCUT2D eigenvalue weighted by Gasteiger charge is 2.14. The molecule has 54 heavy (non-hydrogen) atoms. The fraction of sp³-hybridized carbons (Fsp3) is 0. The lowest BCUT2D eigenvalue weighted by Gasteiger charge is -2.12. The molecule has 0 fully saturated rings. The lowest BCUT2D eigenvalue weighted by Crippen LogP contribution is -1.96. The Morgan fingerprint density at radius 2 is 0.426 bits per heavy atom. The van der Waals surface area contributed by atoms with Crippen molar-refractivity contribution >= 4 is 0 Å². The van der Waals surface area contributed by atoms with Crippen LogP contribution >= 0.6 is 0 Å². The molecular formula is C50H34N4. The van der Waals surface area contributed by atoms with Crippen LogP contribution in [0.4, 0.5) is 0 Å². The SMILES string of the molecule is c1ccc(-c2cc(-c3cccc(-c4cccc(-c5cccc(-c6cc(-c7ccccc7)nc(-c7ccccc7)n6)c5)c4)c3)nc(-c3ccccc3)n2)cc1. The molecule has 0 aliphatic carbocycles. The third-order valence-corrected chi connectivity index (χ3v) is 9.50. The highest BCUT2D eigenvalue weighted by Crippen LogP contribution is 2.34. The van der Waals surface area contributed by atoms with E-state index in [2.05, 4.69) is 133 Å². The maximum Gasteiger partial charge on any atom is 0.160 e. The number of rotatable bonds is 8. The minimum absolute atomic E-state index is 0.703. The fourth-order valence-corrected chi connectivity index (χ4v) is 6.73. The highest BCUT2D eigenvalue weighted by atomic mass is 14.9. The molecular weight excluding hydrogens is 657 g/mol. The predicted molar refractivity (Wildman–Crippen MR) is 221 cm³/mol. The highest BCUT2D eigenvalue weighted by molar-refractivity contribution is 5.80. The van der Waals surface area contributed by atoms with E-state index < -0.39 is 0 Å². The second-order valence-corrected chi connectivity index (χ2v) is 13.1. The summed E-state index contributed by atoms with van der Waals surface area (Å²) in [6.45, 7) is 0. The zero-order valence-electron chi connectivity index (χ0n) is 29.4. The van der Waals surface area contributed by atoms with E-state index in [1.54, 1.807) is 0 Å². The van der Waals surface area contributed by atoms with Gasteiger partial charge in [-0.3, -0.25) is 0 Å². The Hall–Kier alpha value is -7.30. The molecule has 0 aliphatic rings. The van der Waals surface area contributed by atoms with Crippen LogP contribution in [0, 0.1) is 0 Å². The van der Waals surface area contributed by atoms with E-state index in [0.29, 0.717) is 11.6 Å². The van der Waals surface area contributed by atoms with Gasteiger partial charge >= 0.3 is 0 Å². The summed E-state index contributed by atoms with van der Waals surface area (Å²) >= 11 is 0. The number of benzene rings is 7. The number of nitrogens with zero attached hydrogens (tertiary/aromatic N) is 4. The third kappa shape index (κ3) is 6.97. The molecule has 0 saturated carbocycles. The summed E-state index contributed by atoms with van der Waals surface area (Å²) in [5.74, 6) is 1.41. The first-order valence-corrected chi connectivity index (χ1v) is 18.1. The van der Waals surface area contributed by atoms with Crippen LogP contribution in [0.1, 0.15) is 0 Å². The molecule has 0 spiro atoms. The van der Waals surface area contributed by atoms with Crippen LogP contribution in [0.15, 0.2) is 206 Å². The smallest absolute Gasteiger partial charge is 0.160 e. The van der Waals surface area contributed by atoms with Gasteiger partial charge in [-0.2, -0.15) is 0 Å². The van der Waals surface area contributed by atoms with Crippen LogP contribution in [0.3, 0.4) is 0 Å². The number of hydrogen-bond acceptors (Lipinski definition) is 4. The molecule has 4 nitrogen and oxygen atoms in total. The molecule has 4 heteroatoms. The Bertz CT molecular complexity index is 2390. The van der Waals surface area contributed by atoms with Gasteiger partial charge in [0.2, 0.25) is 0 Å².